The van der Waals surface area contributed by atoms with Gasteiger partial charge < -0.3 is 15.3 Å². The first-order valence-corrected chi connectivity index (χ1v) is 7.70. The van der Waals surface area contributed by atoms with Gasteiger partial charge in [-0.05, 0) is 37.0 Å². The predicted octanol–water partition coefficient (Wildman–Crippen LogP) is 2.99. The minimum absolute atomic E-state index is 0. The van der Waals surface area contributed by atoms with Crippen molar-refractivity contribution in [3.63, 3.8) is 0 Å². The number of benzene rings is 1. The third-order valence-electron chi connectivity index (χ3n) is 3.77. The van der Waals surface area contributed by atoms with Crippen LogP contribution in [0.3, 0.4) is 0 Å². The van der Waals surface area contributed by atoms with E-state index in [0.29, 0.717) is 6.54 Å². The first kappa shape index (κ1) is 18.7. The molecule has 1 aliphatic carbocycles. The van der Waals surface area contributed by atoms with Gasteiger partial charge in [0.05, 0.1) is 5.60 Å². The number of guanidine groups is 1. The summed E-state index contributed by atoms with van der Waals surface area (Å²) in [5, 5.41) is 13.4. The average Bonchev–Trinajstić information content (AvgIpc) is 2.40. The summed E-state index contributed by atoms with van der Waals surface area (Å²) in [6.45, 7) is 1.36. The summed E-state index contributed by atoms with van der Waals surface area (Å²) in [6.07, 6.45) is 2.88. The molecule has 118 valence electrons. The Labute approximate surface area is 152 Å². The van der Waals surface area contributed by atoms with Crippen molar-refractivity contribution in [2.45, 2.75) is 31.4 Å². The predicted molar refractivity (Wildman–Crippen MR) is 101 cm³/mol. The Hall–Kier alpha value is -0.340. The van der Waals surface area contributed by atoms with Gasteiger partial charge in [-0.25, -0.2) is 0 Å². The molecule has 1 fully saturated rings. The van der Waals surface area contributed by atoms with Gasteiger partial charge in [0.1, 0.15) is 0 Å². The Morgan fingerprint density at radius 3 is 2.48 bits per heavy atom. The van der Waals surface area contributed by atoms with Gasteiger partial charge in [-0.2, -0.15) is 0 Å². The number of hydrogen-bond acceptors (Lipinski definition) is 2. The Bertz CT molecular complexity index is 474. The van der Waals surface area contributed by atoms with Crippen LogP contribution < -0.4 is 5.32 Å². The Morgan fingerprint density at radius 2 is 2.00 bits per heavy atom. The van der Waals surface area contributed by atoms with E-state index in [4.69, 9.17) is 0 Å². The third kappa shape index (κ3) is 5.41. The van der Waals surface area contributed by atoms with E-state index in [2.05, 4.69) is 43.3 Å². The zero-order chi connectivity index (χ0) is 14.6. The maximum absolute atomic E-state index is 10.1. The van der Waals surface area contributed by atoms with Crippen molar-refractivity contribution in [3.8, 4) is 0 Å². The molecule has 0 unspecified atom stereocenters. The van der Waals surface area contributed by atoms with E-state index >= 15 is 0 Å². The van der Waals surface area contributed by atoms with E-state index < -0.39 is 5.60 Å². The van der Waals surface area contributed by atoms with Crippen LogP contribution in [0.15, 0.2) is 33.7 Å². The highest BCUT2D eigenvalue weighted by atomic mass is 127. The quantitative estimate of drug-likeness (QED) is 0.406. The van der Waals surface area contributed by atoms with Gasteiger partial charge in [0, 0.05) is 31.7 Å². The first-order chi connectivity index (χ1) is 9.52. The highest BCUT2D eigenvalue weighted by Crippen LogP contribution is 2.30. The molecule has 1 saturated carbocycles. The first-order valence-electron chi connectivity index (χ1n) is 6.91. The summed E-state index contributed by atoms with van der Waals surface area (Å²) >= 11 is 3.44. The van der Waals surface area contributed by atoms with Gasteiger partial charge >= 0.3 is 0 Å². The Balaban J connectivity index is 0.00000220. The second-order valence-electron chi connectivity index (χ2n) is 5.46. The highest BCUT2D eigenvalue weighted by molar-refractivity contribution is 14.0. The molecule has 1 aliphatic rings. The molecule has 6 heteroatoms. The van der Waals surface area contributed by atoms with Gasteiger partial charge in [-0.3, -0.25) is 4.99 Å². The second kappa shape index (κ2) is 8.33. The van der Waals surface area contributed by atoms with Gasteiger partial charge in [-0.1, -0.05) is 28.1 Å². The van der Waals surface area contributed by atoms with Crippen LogP contribution >= 0.6 is 39.9 Å². The fourth-order valence-electron chi connectivity index (χ4n) is 2.33. The summed E-state index contributed by atoms with van der Waals surface area (Å²) in [4.78, 5) is 6.34. The maximum atomic E-state index is 10.1. The number of rotatable bonds is 4. The van der Waals surface area contributed by atoms with E-state index in [1.165, 1.54) is 5.56 Å². The summed E-state index contributed by atoms with van der Waals surface area (Å²) in [7, 11) is 3.77. The molecular formula is C15H23BrIN3O. The normalized spacial score (nSPS) is 16.7. The second-order valence-corrected chi connectivity index (χ2v) is 6.38. The zero-order valence-corrected chi connectivity index (χ0v) is 16.4. The van der Waals surface area contributed by atoms with Crippen LogP contribution in [0.2, 0.25) is 0 Å². The van der Waals surface area contributed by atoms with E-state index in [1.54, 1.807) is 7.05 Å². The van der Waals surface area contributed by atoms with Gasteiger partial charge in [-0.15, -0.1) is 24.0 Å². The Morgan fingerprint density at radius 1 is 1.38 bits per heavy atom. The van der Waals surface area contributed by atoms with Crippen molar-refractivity contribution in [2.75, 3.05) is 20.6 Å². The minimum atomic E-state index is -0.533. The third-order valence-corrected chi connectivity index (χ3v) is 4.29. The topological polar surface area (TPSA) is 47.9 Å². The summed E-state index contributed by atoms with van der Waals surface area (Å²) in [5.41, 5.74) is 0.690. The Kier molecular flexibility index (Phi) is 7.42. The molecule has 0 radical (unpaired) electrons. The molecule has 0 bridgehead atoms. The minimum Gasteiger partial charge on any atom is -0.388 e. The van der Waals surface area contributed by atoms with Crippen LogP contribution in [0, 0.1) is 0 Å². The van der Waals surface area contributed by atoms with E-state index in [0.717, 1.165) is 36.2 Å². The van der Waals surface area contributed by atoms with Crippen molar-refractivity contribution in [3.05, 3.63) is 34.3 Å². The molecule has 0 saturated heterocycles. The number of halogens is 2. The SMILES string of the molecule is CN=C(NCC1(O)CCC1)N(C)Cc1ccc(Br)cc1.I. The molecule has 2 N–H and O–H groups in total. The zero-order valence-electron chi connectivity index (χ0n) is 12.5. The van der Waals surface area contributed by atoms with Crippen LogP contribution in [0.5, 0.6) is 0 Å². The molecule has 1 aromatic rings. The number of aliphatic imine (C=N–C) groups is 1. The maximum Gasteiger partial charge on any atom is 0.193 e. The lowest BCUT2D eigenvalue weighted by Crippen LogP contribution is -2.50. The number of nitrogens with zero attached hydrogens (tertiary/aromatic N) is 2. The molecule has 0 aromatic heterocycles. The lowest BCUT2D eigenvalue weighted by Gasteiger charge is -2.37. The standard InChI is InChI=1S/C15H22BrN3O.HI/c1-17-14(18-11-15(20)8-3-9-15)19(2)10-12-4-6-13(16)7-5-12;/h4-7,20H,3,8-11H2,1-2H3,(H,17,18);1H. The van der Waals surface area contributed by atoms with Gasteiger partial charge in [0.2, 0.25) is 0 Å². The molecule has 4 nitrogen and oxygen atoms in total. The van der Waals surface area contributed by atoms with Crippen LogP contribution in [0.1, 0.15) is 24.8 Å². The fraction of sp³-hybridized carbons (Fsp3) is 0.533. The monoisotopic (exact) mass is 467 g/mol. The molecule has 0 heterocycles. The molecule has 1 aromatic carbocycles. The van der Waals surface area contributed by atoms with Gasteiger partial charge in [0.15, 0.2) is 5.96 Å². The van der Waals surface area contributed by atoms with Crippen molar-refractivity contribution in [1.29, 1.82) is 0 Å². The molecule has 0 spiro atoms. The van der Waals surface area contributed by atoms with E-state index in [-0.39, 0.29) is 24.0 Å². The van der Waals surface area contributed by atoms with Gasteiger partial charge in [0.25, 0.3) is 0 Å². The summed E-state index contributed by atoms with van der Waals surface area (Å²) in [6, 6.07) is 8.26. The van der Waals surface area contributed by atoms with Crippen molar-refractivity contribution in [1.82, 2.24) is 10.2 Å². The van der Waals surface area contributed by atoms with E-state index in [9.17, 15) is 5.11 Å². The van der Waals surface area contributed by atoms with Crippen LogP contribution in [0.4, 0.5) is 0 Å². The molecule has 21 heavy (non-hydrogen) atoms. The number of aliphatic hydroxyl groups is 1. The summed E-state index contributed by atoms with van der Waals surface area (Å²) < 4.78 is 1.08. The van der Waals surface area contributed by atoms with Crippen LogP contribution in [-0.4, -0.2) is 42.2 Å². The van der Waals surface area contributed by atoms with Crippen LogP contribution in [-0.2, 0) is 6.54 Å². The lowest BCUT2D eigenvalue weighted by atomic mass is 9.80. The van der Waals surface area contributed by atoms with Crippen molar-refractivity contribution in [2.24, 2.45) is 4.99 Å². The highest BCUT2D eigenvalue weighted by Gasteiger charge is 2.34. The molecule has 0 amide bonds. The van der Waals surface area contributed by atoms with E-state index in [1.807, 2.05) is 19.2 Å². The largest absolute Gasteiger partial charge is 0.388 e. The average molecular weight is 468 g/mol. The number of hydrogen-bond donors (Lipinski definition) is 2. The number of nitrogens with one attached hydrogen (secondary N) is 1. The van der Waals surface area contributed by atoms with Crippen molar-refractivity contribution >= 4 is 45.9 Å². The summed E-state index contributed by atoms with van der Waals surface area (Å²) in [5.74, 6) is 0.813. The van der Waals surface area contributed by atoms with Crippen molar-refractivity contribution < 1.29 is 5.11 Å². The molecular weight excluding hydrogens is 445 g/mol. The lowest BCUT2D eigenvalue weighted by molar-refractivity contribution is -0.0282. The molecule has 0 aliphatic heterocycles. The smallest absolute Gasteiger partial charge is 0.193 e. The molecule has 2 rings (SSSR count). The molecule has 0 atom stereocenters. The van der Waals surface area contributed by atoms with Crippen LogP contribution in [0.25, 0.3) is 0 Å². The fourth-order valence-corrected chi connectivity index (χ4v) is 2.59.